The van der Waals surface area contributed by atoms with Crippen molar-refractivity contribution in [2.75, 3.05) is 10.6 Å². The van der Waals surface area contributed by atoms with Gasteiger partial charge in [0.05, 0.1) is 0 Å². The van der Waals surface area contributed by atoms with Gasteiger partial charge in [0, 0.05) is 11.1 Å². The Morgan fingerprint density at radius 3 is 2.09 bits per heavy atom. The van der Waals surface area contributed by atoms with Crippen molar-refractivity contribution >= 4 is 23.2 Å². The average Bonchev–Trinajstić information content (AvgIpc) is 2.49. The maximum Gasteiger partial charge on any atom is 0.230 e. The maximum absolute atomic E-state index is 11.9. The Balaban J connectivity index is 2.01. The molecule has 0 unspecified atom stereocenters. The number of hydrogen-bond acceptors (Lipinski definition) is 4. The minimum Gasteiger partial charge on any atom is -0.339 e. The number of carbonyl (C=O) groups is 1. The van der Waals surface area contributed by atoms with Crippen molar-refractivity contribution in [2.45, 2.75) is 34.1 Å². The number of aryl methyl sites for hydroxylation is 1. The topological polar surface area (TPSA) is 66.9 Å². The molecule has 0 spiro atoms. The number of aromatic nitrogens is 2. The molecule has 0 bridgehead atoms. The number of nitrogens with zero attached hydrogens (tertiary/aromatic N) is 2. The van der Waals surface area contributed by atoms with E-state index in [4.69, 9.17) is 0 Å². The van der Waals surface area contributed by atoms with Crippen LogP contribution in [-0.2, 0) is 11.2 Å². The summed E-state index contributed by atoms with van der Waals surface area (Å²) in [5.74, 6) is 1.00. The quantitative estimate of drug-likeness (QED) is 0.901. The zero-order valence-corrected chi connectivity index (χ0v) is 13.5. The van der Waals surface area contributed by atoms with Crippen LogP contribution in [0.3, 0.4) is 0 Å². The highest BCUT2D eigenvalue weighted by Crippen LogP contribution is 2.18. The molecule has 1 aromatic heterocycles. The Kier molecular flexibility index (Phi) is 4.75. The second kappa shape index (κ2) is 6.56. The number of benzene rings is 1. The summed E-state index contributed by atoms with van der Waals surface area (Å²) in [6.45, 7) is 7.68. The van der Waals surface area contributed by atoms with Crippen molar-refractivity contribution in [3.63, 3.8) is 0 Å². The Labute approximate surface area is 131 Å². The molecule has 0 saturated heterocycles. The van der Waals surface area contributed by atoms with Crippen LogP contribution in [0.25, 0.3) is 0 Å². The van der Waals surface area contributed by atoms with Gasteiger partial charge in [-0.1, -0.05) is 39.8 Å². The van der Waals surface area contributed by atoms with Gasteiger partial charge in [0.25, 0.3) is 0 Å². The molecule has 1 amide bonds. The van der Waals surface area contributed by atoms with Gasteiger partial charge in [0.15, 0.2) is 11.6 Å². The van der Waals surface area contributed by atoms with E-state index in [2.05, 4.69) is 39.9 Å². The van der Waals surface area contributed by atoms with E-state index < -0.39 is 5.41 Å². The fourth-order valence-corrected chi connectivity index (χ4v) is 1.74. The summed E-state index contributed by atoms with van der Waals surface area (Å²) in [4.78, 5) is 11.9. The number of anilines is 3. The fraction of sp³-hybridized carbons (Fsp3) is 0.353. The number of nitrogens with one attached hydrogen (secondary N) is 2. The summed E-state index contributed by atoms with van der Waals surface area (Å²) in [5, 5.41) is 14.0. The van der Waals surface area contributed by atoms with Gasteiger partial charge in [0.1, 0.15) is 0 Å². The third-order valence-corrected chi connectivity index (χ3v) is 3.22. The summed E-state index contributed by atoms with van der Waals surface area (Å²) in [6, 6.07) is 11.7. The molecule has 5 nitrogen and oxygen atoms in total. The highest BCUT2D eigenvalue weighted by molar-refractivity contribution is 5.93. The third kappa shape index (κ3) is 4.28. The molecule has 0 aliphatic heterocycles. The minimum atomic E-state index is -0.459. The second-order valence-corrected chi connectivity index (χ2v) is 6.18. The fourth-order valence-electron chi connectivity index (χ4n) is 1.74. The highest BCUT2D eigenvalue weighted by Gasteiger charge is 2.21. The summed E-state index contributed by atoms with van der Waals surface area (Å²) in [7, 11) is 0. The van der Waals surface area contributed by atoms with Crippen molar-refractivity contribution in [1.82, 2.24) is 10.2 Å². The van der Waals surface area contributed by atoms with E-state index in [-0.39, 0.29) is 5.91 Å². The van der Waals surface area contributed by atoms with Crippen molar-refractivity contribution in [3.8, 4) is 0 Å². The molecule has 0 saturated carbocycles. The van der Waals surface area contributed by atoms with Crippen molar-refractivity contribution in [1.29, 1.82) is 0 Å². The Hall–Kier alpha value is -2.43. The van der Waals surface area contributed by atoms with Crippen molar-refractivity contribution < 1.29 is 4.79 Å². The molecule has 0 radical (unpaired) electrons. The van der Waals surface area contributed by atoms with Gasteiger partial charge < -0.3 is 10.6 Å². The molecule has 2 N–H and O–H groups in total. The van der Waals surface area contributed by atoms with Gasteiger partial charge in [-0.25, -0.2) is 0 Å². The smallest absolute Gasteiger partial charge is 0.230 e. The van der Waals surface area contributed by atoms with Gasteiger partial charge in [-0.3, -0.25) is 4.79 Å². The molecular weight excluding hydrogens is 276 g/mol. The molecule has 0 atom stereocenters. The predicted molar refractivity (Wildman–Crippen MR) is 89.2 cm³/mol. The molecule has 2 aromatic rings. The van der Waals surface area contributed by atoms with Crippen LogP contribution in [-0.4, -0.2) is 16.1 Å². The van der Waals surface area contributed by atoms with Crippen LogP contribution in [0, 0.1) is 5.41 Å². The summed E-state index contributed by atoms with van der Waals surface area (Å²) in [6.07, 6.45) is 1.02. The second-order valence-electron chi connectivity index (χ2n) is 6.18. The van der Waals surface area contributed by atoms with E-state index in [1.807, 2.05) is 32.9 Å². The molecule has 22 heavy (non-hydrogen) atoms. The van der Waals surface area contributed by atoms with E-state index in [1.165, 1.54) is 5.56 Å². The Morgan fingerprint density at radius 1 is 1.00 bits per heavy atom. The monoisotopic (exact) mass is 298 g/mol. The molecule has 1 aromatic carbocycles. The zero-order chi connectivity index (χ0) is 16.2. The van der Waals surface area contributed by atoms with Gasteiger partial charge in [-0.15, -0.1) is 10.2 Å². The number of carbonyl (C=O) groups excluding carboxylic acids is 1. The van der Waals surface area contributed by atoms with Crippen molar-refractivity contribution in [3.05, 3.63) is 42.0 Å². The lowest BCUT2D eigenvalue weighted by Crippen LogP contribution is -2.28. The Bertz CT molecular complexity index is 627. The summed E-state index contributed by atoms with van der Waals surface area (Å²) in [5.41, 5.74) is 1.79. The summed E-state index contributed by atoms with van der Waals surface area (Å²) < 4.78 is 0. The van der Waals surface area contributed by atoms with Crippen LogP contribution in [0.1, 0.15) is 33.3 Å². The van der Waals surface area contributed by atoms with Crippen LogP contribution in [0.5, 0.6) is 0 Å². The van der Waals surface area contributed by atoms with Crippen LogP contribution in [0.15, 0.2) is 36.4 Å². The lowest BCUT2D eigenvalue weighted by atomic mass is 9.96. The molecule has 5 heteroatoms. The van der Waals surface area contributed by atoms with Crippen LogP contribution in [0.4, 0.5) is 17.3 Å². The van der Waals surface area contributed by atoms with E-state index in [9.17, 15) is 4.79 Å². The molecule has 116 valence electrons. The first-order valence-corrected chi connectivity index (χ1v) is 7.39. The SMILES string of the molecule is CCc1ccc(Nc2ccc(NC(=O)C(C)(C)C)nn2)cc1. The summed E-state index contributed by atoms with van der Waals surface area (Å²) >= 11 is 0. The molecule has 2 rings (SSSR count). The average molecular weight is 298 g/mol. The van der Waals surface area contributed by atoms with E-state index in [1.54, 1.807) is 12.1 Å². The number of amides is 1. The Morgan fingerprint density at radius 2 is 1.59 bits per heavy atom. The maximum atomic E-state index is 11.9. The van der Waals surface area contributed by atoms with Crippen LogP contribution >= 0.6 is 0 Å². The van der Waals surface area contributed by atoms with Crippen molar-refractivity contribution in [2.24, 2.45) is 5.41 Å². The minimum absolute atomic E-state index is 0.0855. The number of hydrogen-bond donors (Lipinski definition) is 2. The largest absolute Gasteiger partial charge is 0.339 e. The lowest BCUT2D eigenvalue weighted by molar-refractivity contribution is -0.123. The van der Waals surface area contributed by atoms with E-state index in [0.717, 1.165) is 12.1 Å². The number of rotatable bonds is 4. The van der Waals surface area contributed by atoms with Gasteiger partial charge in [0.2, 0.25) is 5.91 Å². The first kappa shape index (κ1) is 15.9. The first-order valence-electron chi connectivity index (χ1n) is 7.39. The first-order chi connectivity index (χ1) is 10.4. The molecule has 0 aliphatic carbocycles. The molecule has 0 fully saturated rings. The van der Waals surface area contributed by atoms with Gasteiger partial charge in [-0.2, -0.15) is 0 Å². The standard InChI is InChI=1S/C17H22N4O/c1-5-12-6-8-13(9-7-12)18-14-10-11-15(21-20-14)19-16(22)17(2,3)4/h6-11H,5H2,1-4H3,(H,18,20)(H,19,21,22). The zero-order valence-electron chi connectivity index (χ0n) is 13.5. The van der Waals surface area contributed by atoms with E-state index in [0.29, 0.717) is 11.6 Å². The normalized spacial score (nSPS) is 11.1. The van der Waals surface area contributed by atoms with Gasteiger partial charge in [-0.05, 0) is 36.2 Å². The van der Waals surface area contributed by atoms with Crippen LogP contribution < -0.4 is 10.6 Å². The predicted octanol–water partition coefficient (Wildman–Crippen LogP) is 3.77. The van der Waals surface area contributed by atoms with Gasteiger partial charge >= 0.3 is 0 Å². The van der Waals surface area contributed by atoms with Crippen LogP contribution in [0.2, 0.25) is 0 Å². The highest BCUT2D eigenvalue weighted by atomic mass is 16.2. The lowest BCUT2D eigenvalue weighted by Gasteiger charge is -2.16. The molecule has 1 heterocycles. The molecular formula is C17H22N4O. The third-order valence-electron chi connectivity index (χ3n) is 3.22. The van der Waals surface area contributed by atoms with E-state index >= 15 is 0 Å². The molecule has 0 aliphatic rings.